The van der Waals surface area contributed by atoms with Crippen LogP contribution < -0.4 is 0 Å². The van der Waals surface area contributed by atoms with E-state index < -0.39 is 17.7 Å². The van der Waals surface area contributed by atoms with Gasteiger partial charge < -0.3 is 5.11 Å². The number of rotatable bonds is 5. The highest BCUT2D eigenvalue weighted by Gasteiger charge is 2.16. The van der Waals surface area contributed by atoms with Crippen molar-refractivity contribution in [1.29, 1.82) is 0 Å². The van der Waals surface area contributed by atoms with E-state index >= 15 is 0 Å². The Morgan fingerprint density at radius 3 is 2.70 bits per heavy atom. The average Bonchev–Trinajstić information content (AvgIpc) is 2.83. The van der Waals surface area contributed by atoms with Gasteiger partial charge in [-0.1, -0.05) is 12.1 Å². The van der Waals surface area contributed by atoms with Crippen LogP contribution in [0.5, 0.6) is 0 Å². The van der Waals surface area contributed by atoms with Gasteiger partial charge in [-0.15, -0.1) is 0 Å². The lowest BCUT2D eigenvalue weighted by Crippen LogP contribution is -2.19. The van der Waals surface area contributed by atoms with Crippen LogP contribution in [0.25, 0.3) is 0 Å². The van der Waals surface area contributed by atoms with E-state index in [1.54, 1.807) is 4.68 Å². The number of aromatic nitrogens is 3. The Morgan fingerprint density at radius 2 is 2.00 bits per heavy atom. The highest BCUT2D eigenvalue weighted by molar-refractivity contribution is 5.19. The molecule has 1 unspecified atom stereocenters. The Hall–Kier alpha value is -1.82. The summed E-state index contributed by atoms with van der Waals surface area (Å²) in [6.07, 6.45) is 0.862. The lowest BCUT2D eigenvalue weighted by Gasteiger charge is -2.13. The molecule has 0 aliphatic rings. The van der Waals surface area contributed by atoms with E-state index in [1.165, 1.54) is 18.5 Å². The van der Waals surface area contributed by atoms with E-state index in [2.05, 4.69) is 10.1 Å². The minimum atomic E-state index is -0.906. The van der Waals surface area contributed by atoms with Crippen LogP contribution in [0.3, 0.4) is 0 Å². The maximum Gasteiger partial charge on any atom is 0.162 e. The molecule has 0 aliphatic carbocycles. The topological polar surface area (TPSA) is 50.9 Å². The molecule has 2 rings (SSSR count). The molecular weight excluding hydrogens is 264 g/mol. The highest BCUT2D eigenvalue weighted by atomic mass is 19.2. The normalized spacial score (nSPS) is 12.9. The second-order valence-electron chi connectivity index (χ2n) is 4.99. The smallest absolute Gasteiger partial charge is 0.162 e. The van der Waals surface area contributed by atoms with Crippen molar-refractivity contribution in [2.45, 2.75) is 38.8 Å². The monoisotopic (exact) mass is 281 g/mol. The van der Waals surface area contributed by atoms with Crippen LogP contribution in [0.4, 0.5) is 8.78 Å². The van der Waals surface area contributed by atoms with Gasteiger partial charge >= 0.3 is 0 Å². The molecule has 0 bridgehead atoms. The van der Waals surface area contributed by atoms with Crippen molar-refractivity contribution in [2.75, 3.05) is 0 Å². The number of aliphatic hydroxyl groups is 1. The lowest BCUT2D eigenvalue weighted by atomic mass is 10.0. The van der Waals surface area contributed by atoms with Crippen LogP contribution in [-0.4, -0.2) is 26.0 Å². The van der Waals surface area contributed by atoms with Gasteiger partial charge in [0.05, 0.1) is 6.10 Å². The summed E-state index contributed by atoms with van der Waals surface area (Å²) in [4.78, 5) is 4.08. The van der Waals surface area contributed by atoms with Crippen molar-refractivity contribution in [2.24, 2.45) is 0 Å². The molecule has 0 amide bonds. The van der Waals surface area contributed by atoms with Gasteiger partial charge in [-0.25, -0.2) is 18.4 Å². The Balaban J connectivity index is 2.07. The van der Waals surface area contributed by atoms with E-state index in [0.717, 1.165) is 6.07 Å². The third-order valence-corrected chi connectivity index (χ3v) is 3.04. The minimum absolute atomic E-state index is 0.0363. The van der Waals surface area contributed by atoms with Gasteiger partial charge in [-0.05, 0) is 25.5 Å². The molecule has 1 aromatic carbocycles. The quantitative estimate of drug-likeness (QED) is 0.914. The van der Waals surface area contributed by atoms with E-state index in [-0.39, 0.29) is 24.4 Å². The molecule has 1 aromatic heterocycles. The molecule has 1 N–H and O–H groups in total. The van der Waals surface area contributed by atoms with Crippen molar-refractivity contribution >= 4 is 0 Å². The summed E-state index contributed by atoms with van der Waals surface area (Å²) in [6.45, 7) is 3.91. The SMILES string of the molecule is CC(C)n1ncnc1CC(O)Cc1cccc(F)c1F. The van der Waals surface area contributed by atoms with Crippen LogP contribution in [0.1, 0.15) is 31.3 Å². The molecule has 2 aromatic rings. The fourth-order valence-electron chi connectivity index (χ4n) is 2.09. The summed E-state index contributed by atoms with van der Waals surface area (Å²) in [6, 6.07) is 4.08. The molecule has 0 saturated heterocycles. The van der Waals surface area contributed by atoms with E-state index in [1.807, 2.05) is 13.8 Å². The molecule has 6 heteroatoms. The minimum Gasteiger partial charge on any atom is -0.392 e. The summed E-state index contributed by atoms with van der Waals surface area (Å²) >= 11 is 0. The first-order valence-corrected chi connectivity index (χ1v) is 6.48. The largest absolute Gasteiger partial charge is 0.392 e. The lowest BCUT2D eigenvalue weighted by molar-refractivity contribution is 0.169. The van der Waals surface area contributed by atoms with Gasteiger partial charge in [-0.2, -0.15) is 5.10 Å². The van der Waals surface area contributed by atoms with Crippen LogP contribution in [-0.2, 0) is 12.8 Å². The summed E-state index contributed by atoms with van der Waals surface area (Å²) < 4.78 is 28.3. The molecule has 0 spiro atoms. The first kappa shape index (κ1) is 14.6. The zero-order chi connectivity index (χ0) is 14.7. The Morgan fingerprint density at radius 1 is 1.25 bits per heavy atom. The Labute approximate surface area is 116 Å². The highest BCUT2D eigenvalue weighted by Crippen LogP contribution is 2.15. The summed E-state index contributed by atoms with van der Waals surface area (Å²) in [5, 5.41) is 14.1. The predicted molar refractivity (Wildman–Crippen MR) is 70.2 cm³/mol. The van der Waals surface area contributed by atoms with E-state index in [9.17, 15) is 13.9 Å². The van der Waals surface area contributed by atoms with Crippen LogP contribution in [0, 0.1) is 11.6 Å². The van der Waals surface area contributed by atoms with Crippen molar-refractivity contribution < 1.29 is 13.9 Å². The van der Waals surface area contributed by atoms with Gasteiger partial charge in [0.15, 0.2) is 11.6 Å². The Bertz CT molecular complexity index is 584. The standard InChI is InChI=1S/C14H17F2N3O/c1-9(2)19-13(17-8-18-19)7-11(20)6-10-4-3-5-12(15)14(10)16/h3-5,8-9,11,20H,6-7H2,1-2H3. The second-order valence-corrected chi connectivity index (χ2v) is 4.99. The van der Waals surface area contributed by atoms with Crippen molar-refractivity contribution in [3.8, 4) is 0 Å². The number of aliphatic hydroxyl groups excluding tert-OH is 1. The molecule has 1 heterocycles. The first-order valence-electron chi connectivity index (χ1n) is 6.48. The molecule has 4 nitrogen and oxygen atoms in total. The molecule has 0 saturated carbocycles. The van der Waals surface area contributed by atoms with Crippen LogP contribution in [0.2, 0.25) is 0 Å². The van der Waals surface area contributed by atoms with Gasteiger partial charge in [0.1, 0.15) is 12.2 Å². The molecule has 20 heavy (non-hydrogen) atoms. The zero-order valence-corrected chi connectivity index (χ0v) is 11.4. The number of halogens is 2. The van der Waals surface area contributed by atoms with Gasteiger partial charge in [0, 0.05) is 18.9 Å². The van der Waals surface area contributed by atoms with Gasteiger partial charge in [0.2, 0.25) is 0 Å². The van der Waals surface area contributed by atoms with Crippen molar-refractivity contribution in [3.63, 3.8) is 0 Å². The fraction of sp³-hybridized carbons (Fsp3) is 0.429. The number of benzene rings is 1. The van der Waals surface area contributed by atoms with E-state index in [4.69, 9.17) is 0 Å². The first-order chi connectivity index (χ1) is 9.49. The number of hydrogen-bond acceptors (Lipinski definition) is 3. The third kappa shape index (κ3) is 3.19. The van der Waals surface area contributed by atoms with Gasteiger partial charge in [-0.3, -0.25) is 0 Å². The molecule has 0 radical (unpaired) electrons. The van der Waals surface area contributed by atoms with E-state index in [0.29, 0.717) is 5.82 Å². The number of nitrogens with zero attached hydrogens (tertiary/aromatic N) is 3. The molecule has 1 atom stereocenters. The maximum atomic E-state index is 13.5. The number of hydrogen-bond donors (Lipinski definition) is 1. The molecule has 108 valence electrons. The summed E-state index contributed by atoms with van der Waals surface area (Å²) in [7, 11) is 0. The van der Waals surface area contributed by atoms with Crippen molar-refractivity contribution in [1.82, 2.24) is 14.8 Å². The van der Waals surface area contributed by atoms with Gasteiger partial charge in [0.25, 0.3) is 0 Å². The average molecular weight is 281 g/mol. The molecule has 0 aliphatic heterocycles. The fourth-order valence-corrected chi connectivity index (χ4v) is 2.09. The molecular formula is C14H17F2N3O. The third-order valence-electron chi connectivity index (χ3n) is 3.04. The summed E-state index contributed by atoms with van der Waals surface area (Å²) in [5.74, 6) is -1.18. The Kier molecular flexibility index (Phi) is 4.44. The second kappa shape index (κ2) is 6.09. The van der Waals surface area contributed by atoms with Crippen molar-refractivity contribution in [3.05, 3.63) is 47.5 Å². The summed E-state index contributed by atoms with van der Waals surface area (Å²) in [5.41, 5.74) is 0.160. The molecule has 0 fully saturated rings. The predicted octanol–water partition coefficient (Wildman–Crippen LogP) is 2.28. The zero-order valence-electron chi connectivity index (χ0n) is 11.4. The van der Waals surface area contributed by atoms with Crippen LogP contribution in [0.15, 0.2) is 24.5 Å². The van der Waals surface area contributed by atoms with Crippen LogP contribution >= 0.6 is 0 Å². The maximum absolute atomic E-state index is 13.5.